The average molecular weight is 256 g/mol. The molecule has 0 amide bonds. The van der Waals surface area contributed by atoms with Crippen LogP contribution in [0.15, 0.2) is 24.5 Å². The number of hydrogen-bond donors (Lipinski definition) is 0. The molecule has 3 heterocycles. The van der Waals surface area contributed by atoms with E-state index < -0.39 is 0 Å². The highest BCUT2D eigenvalue weighted by Gasteiger charge is 2.14. The summed E-state index contributed by atoms with van der Waals surface area (Å²) in [6.07, 6.45) is 2.77. The number of rotatable bonds is 0. The Bertz CT molecular complexity index is 985. The summed E-state index contributed by atoms with van der Waals surface area (Å²) in [5.41, 5.74) is 2.47. The van der Waals surface area contributed by atoms with E-state index >= 15 is 0 Å². The number of nitriles is 3. The molecule has 3 rings (SSSR count). The van der Waals surface area contributed by atoms with Crippen LogP contribution in [0.25, 0.3) is 22.1 Å². The zero-order valence-electron chi connectivity index (χ0n) is 9.99. The Morgan fingerprint density at radius 2 is 1.60 bits per heavy atom. The SMILES string of the molecule is N#Cc1ccc2nc3c(C#N)cnc3c(C#N)c2nc1. The molecular weight excluding hydrogens is 252 g/mol. The first-order valence-electron chi connectivity index (χ1n) is 5.57. The van der Waals surface area contributed by atoms with Crippen LogP contribution < -0.4 is 0 Å². The van der Waals surface area contributed by atoms with Crippen molar-refractivity contribution >= 4 is 22.1 Å². The molecule has 0 atom stereocenters. The lowest BCUT2D eigenvalue weighted by Gasteiger charge is -1.96. The molecule has 0 N–H and O–H groups in total. The smallest absolute Gasteiger partial charge is 0.110 e. The van der Waals surface area contributed by atoms with Gasteiger partial charge in [-0.15, -0.1) is 0 Å². The van der Waals surface area contributed by atoms with Gasteiger partial charge in [0.15, 0.2) is 0 Å². The number of hydrogen-bond acceptors (Lipinski definition) is 6. The second kappa shape index (κ2) is 4.28. The first-order valence-corrected chi connectivity index (χ1v) is 5.57. The van der Waals surface area contributed by atoms with Gasteiger partial charge in [0, 0.05) is 12.4 Å². The highest BCUT2D eigenvalue weighted by atomic mass is 14.8. The molecule has 0 spiro atoms. The molecule has 0 radical (unpaired) electrons. The van der Waals surface area contributed by atoms with Gasteiger partial charge in [0.25, 0.3) is 0 Å². The molecule has 90 valence electrons. The molecule has 6 nitrogen and oxygen atoms in total. The predicted octanol–water partition coefficient (Wildman–Crippen LogP) is 1.79. The highest BCUT2D eigenvalue weighted by molar-refractivity contribution is 5.98. The van der Waals surface area contributed by atoms with E-state index in [0.29, 0.717) is 33.2 Å². The van der Waals surface area contributed by atoms with Crippen LogP contribution in [0, 0.1) is 34.0 Å². The summed E-state index contributed by atoms with van der Waals surface area (Å²) in [7, 11) is 0. The van der Waals surface area contributed by atoms with Crippen molar-refractivity contribution in [2.75, 3.05) is 0 Å². The van der Waals surface area contributed by atoms with Gasteiger partial charge in [0.1, 0.15) is 40.3 Å². The second-order valence-corrected chi connectivity index (χ2v) is 3.97. The summed E-state index contributed by atoms with van der Waals surface area (Å²) in [5, 5.41) is 27.2. The largest absolute Gasteiger partial charge is 0.252 e. The molecule has 3 aromatic heterocycles. The Hall–Kier alpha value is -3.56. The summed E-state index contributed by atoms with van der Waals surface area (Å²) in [4.78, 5) is 12.5. The van der Waals surface area contributed by atoms with Gasteiger partial charge in [-0.05, 0) is 12.1 Å². The Labute approximate surface area is 113 Å². The average Bonchev–Trinajstić information content (AvgIpc) is 2.77. The molecular formula is C14H4N6. The third-order valence-corrected chi connectivity index (χ3v) is 2.87. The number of fused-ring (bicyclic) bond motifs is 2. The van der Waals surface area contributed by atoms with E-state index in [0.717, 1.165) is 0 Å². The van der Waals surface area contributed by atoms with Gasteiger partial charge in [0.2, 0.25) is 0 Å². The van der Waals surface area contributed by atoms with Crippen molar-refractivity contribution in [3.05, 3.63) is 41.2 Å². The molecule has 0 aliphatic carbocycles. The van der Waals surface area contributed by atoms with Crippen molar-refractivity contribution < 1.29 is 0 Å². The topological polar surface area (TPSA) is 110 Å². The lowest BCUT2D eigenvalue weighted by molar-refractivity contribution is 1.36. The van der Waals surface area contributed by atoms with E-state index in [1.165, 1.54) is 12.4 Å². The van der Waals surface area contributed by atoms with Crippen LogP contribution in [0.3, 0.4) is 0 Å². The van der Waals surface area contributed by atoms with Crippen molar-refractivity contribution in [1.29, 1.82) is 15.8 Å². The van der Waals surface area contributed by atoms with E-state index in [1.807, 2.05) is 18.2 Å². The molecule has 0 saturated heterocycles. The number of nitrogens with zero attached hydrogens (tertiary/aromatic N) is 6. The highest BCUT2D eigenvalue weighted by Crippen LogP contribution is 2.24. The van der Waals surface area contributed by atoms with Gasteiger partial charge in [-0.25, -0.2) is 4.98 Å². The maximum atomic E-state index is 9.32. The van der Waals surface area contributed by atoms with Gasteiger partial charge in [-0.1, -0.05) is 0 Å². The molecule has 0 fully saturated rings. The molecule has 0 aliphatic rings. The van der Waals surface area contributed by atoms with E-state index in [2.05, 4.69) is 15.0 Å². The summed E-state index contributed by atoms with van der Waals surface area (Å²) >= 11 is 0. The number of pyridine rings is 1. The van der Waals surface area contributed by atoms with Gasteiger partial charge < -0.3 is 0 Å². The first kappa shape index (κ1) is 11.5. The zero-order valence-corrected chi connectivity index (χ0v) is 9.99. The first-order chi connectivity index (χ1) is 9.78. The monoisotopic (exact) mass is 256 g/mol. The summed E-state index contributed by atoms with van der Waals surface area (Å²) in [5.74, 6) is 0. The minimum absolute atomic E-state index is 0.256. The van der Waals surface area contributed by atoms with Crippen molar-refractivity contribution in [2.24, 2.45) is 0 Å². The van der Waals surface area contributed by atoms with E-state index in [1.54, 1.807) is 12.1 Å². The summed E-state index contributed by atoms with van der Waals surface area (Å²) in [6, 6.07) is 9.18. The number of aromatic nitrogens is 3. The van der Waals surface area contributed by atoms with Crippen LogP contribution in [0.1, 0.15) is 16.7 Å². The molecule has 0 bridgehead atoms. The molecule has 20 heavy (non-hydrogen) atoms. The normalized spacial score (nSPS) is 9.85. The van der Waals surface area contributed by atoms with Crippen LogP contribution in [-0.2, 0) is 0 Å². The van der Waals surface area contributed by atoms with Crippen molar-refractivity contribution in [2.45, 2.75) is 0 Å². The Morgan fingerprint density at radius 3 is 2.30 bits per heavy atom. The van der Waals surface area contributed by atoms with Gasteiger partial charge in [0.05, 0.1) is 16.6 Å². The van der Waals surface area contributed by atoms with Crippen LogP contribution in [0.5, 0.6) is 0 Å². The quantitative estimate of drug-likeness (QED) is 0.606. The van der Waals surface area contributed by atoms with Crippen LogP contribution in [0.4, 0.5) is 0 Å². The predicted molar refractivity (Wildman–Crippen MR) is 69.0 cm³/mol. The molecule has 0 aliphatic heterocycles. The van der Waals surface area contributed by atoms with Crippen molar-refractivity contribution in [3.63, 3.8) is 0 Å². The Balaban J connectivity index is 2.57. The fourth-order valence-corrected chi connectivity index (χ4v) is 1.94. The molecule has 3 aromatic rings. The molecule has 0 aromatic carbocycles. The fraction of sp³-hybridized carbons (Fsp3) is 0. The summed E-state index contributed by atoms with van der Waals surface area (Å²) in [6.45, 7) is 0. The van der Waals surface area contributed by atoms with Crippen LogP contribution >= 0.6 is 0 Å². The summed E-state index contributed by atoms with van der Waals surface area (Å²) < 4.78 is 0. The second-order valence-electron chi connectivity index (χ2n) is 3.97. The zero-order chi connectivity index (χ0) is 14.1. The van der Waals surface area contributed by atoms with Crippen LogP contribution in [-0.4, -0.2) is 15.0 Å². The van der Waals surface area contributed by atoms with E-state index in [-0.39, 0.29) is 5.56 Å². The lowest BCUT2D eigenvalue weighted by Crippen LogP contribution is -1.88. The molecule has 6 heteroatoms. The maximum absolute atomic E-state index is 9.32. The fourth-order valence-electron chi connectivity index (χ4n) is 1.94. The standard InChI is InChI=1S/C14H4N6/c15-3-8-1-2-11-13(18-6-8)10(5-17)14-12(20-11)9(4-16)7-19-14/h1-2,6-7H. The third kappa shape index (κ3) is 1.52. The Kier molecular flexibility index (Phi) is 2.46. The van der Waals surface area contributed by atoms with E-state index in [9.17, 15) is 5.26 Å². The van der Waals surface area contributed by atoms with Gasteiger partial charge >= 0.3 is 0 Å². The van der Waals surface area contributed by atoms with Gasteiger partial charge in [-0.3, -0.25) is 9.97 Å². The molecule has 0 unspecified atom stereocenters. The molecule has 0 saturated carbocycles. The minimum atomic E-state index is 0.256. The van der Waals surface area contributed by atoms with Crippen LogP contribution in [0.2, 0.25) is 0 Å². The third-order valence-electron chi connectivity index (χ3n) is 2.87. The van der Waals surface area contributed by atoms with Gasteiger partial charge in [-0.2, -0.15) is 15.8 Å². The maximum Gasteiger partial charge on any atom is 0.110 e. The lowest BCUT2D eigenvalue weighted by atomic mass is 10.1. The minimum Gasteiger partial charge on any atom is -0.252 e. The van der Waals surface area contributed by atoms with Crippen molar-refractivity contribution in [1.82, 2.24) is 15.0 Å². The van der Waals surface area contributed by atoms with E-state index in [4.69, 9.17) is 10.5 Å². The van der Waals surface area contributed by atoms with Crippen molar-refractivity contribution in [3.8, 4) is 18.2 Å². The Morgan fingerprint density at radius 1 is 0.800 bits per heavy atom.